The number of rotatable bonds is 25. The molecule has 0 nitrogen and oxygen atoms in total. The Balaban J connectivity index is 3.10. The number of hydrogen-bond donors (Lipinski definition) is 0. The molecule has 2 radical (unpaired) electrons. The van der Waals surface area contributed by atoms with Crippen LogP contribution in [-0.2, 0) is 0 Å². The smallest absolute Gasteiger partial charge is 0.0417 e. The molecule has 0 aliphatic carbocycles. The van der Waals surface area contributed by atoms with Crippen molar-refractivity contribution in [1.82, 2.24) is 0 Å². The molecular weight excluding hydrogens is 348 g/mol. The van der Waals surface area contributed by atoms with E-state index in [-0.39, 0.29) is 0 Å². The van der Waals surface area contributed by atoms with E-state index in [0.717, 1.165) is 18.8 Å². The van der Waals surface area contributed by atoms with Crippen molar-refractivity contribution in [3.8, 4) is 0 Å². The summed E-state index contributed by atoms with van der Waals surface area (Å²) in [5, 5.41) is 0. The third-order valence-corrected chi connectivity index (χ3v) is 6.80. The summed E-state index contributed by atoms with van der Waals surface area (Å²) in [6.45, 7) is 10.3. The maximum Gasteiger partial charge on any atom is -0.0417 e. The predicted octanol–water partition coefficient (Wildman–Crippen LogP) is 11.0. The van der Waals surface area contributed by atoms with E-state index in [9.17, 15) is 0 Å². The molecule has 0 amide bonds. The third-order valence-electron chi connectivity index (χ3n) is 6.80. The lowest BCUT2D eigenvalue weighted by atomic mass is 9.93. The van der Waals surface area contributed by atoms with Gasteiger partial charge >= 0.3 is 0 Å². The Kier molecular flexibility index (Phi) is 26.0. The summed E-state index contributed by atoms with van der Waals surface area (Å²) < 4.78 is 0. The Hall–Kier alpha value is 0. The topological polar surface area (TPSA) is 0 Å². The van der Waals surface area contributed by atoms with Gasteiger partial charge in [0.25, 0.3) is 0 Å². The Morgan fingerprint density at radius 2 is 0.655 bits per heavy atom. The first-order valence-electron chi connectivity index (χ1n) is 13.9. The first kappa shape index (κ1) is 29.0. The van der Waals surface area contributed by atoms with Gasteiger partial charge in [0.2, 0.25) is 0 Å². The normalized spacial score (nSPS) is 12.5. The summed E-state index contributed by atoms with van der Waals surface area (Å²) in [4.78, 5) is 0. The average Bonchev–Trinajstić information content (AvgIpc) is 2.74. The van der Waals surface area contributed by atoms with E-state index in [0.29, 0.717) is 0 Å². The van der Waals surface area contributed by atoms with Gasteiger partial charge in [-0.15, -0.1) is 0 Å². The first-order valence-corrected chi connectivity index (χ1v) is 13.9. The molecule has 0 aromatic carbocycles. The van der Waals surface area contributed by atoms with Crippen LogP contribution >= 0.6 is 0 Å². The van der Waals surface area contributed by atoms with Crippen molar-refractivity contribution in [2.24, 2.45) is 5.92 Å². The lowest BCUT2D eigenvalue weighted by Gasteiger charge is -2.13. The maximum absolute atomic E-state index is 3.98. The number of hydrogen-bond acceptors (Lipinski definition) is 0. The van der Waals surface area contributed by atoms with Crippen LogP contribution in [0.25, 0.3) is 0 Å². The Morgan fingerprint density at radius 3 is 0.966 bits per heavy atom. The summed E-state index contributed by atoms with van der Waals surface area (Å²) in [6.07, 6.45) is 35.6. The minimum absolute atomic E-state index is 0.977. The second-order valence-electron chi connectivity index (χ2n) is 9.63. The molecule has 0 fully saturated rings. The van der Waals surface area contributed by atoms with Crippen molar-refractivity contribution in [3.63, 3.8) is 0 Å². The zero-order chi connectivity index (χ0) is 21.3. The van der Waals surface area contributed by atoms with Crippen molar-refractivity contribution < 1.29 is 0 Å². The summed E-state index contributed by atoms with van der Waals surface area (Å²) in [7, 11) is 0. The van der Waals surface area contributed by atoms with E-state index in [1.807, 2.05) is 0 Å². The molecule has 0 rings (SSSR count). The van der Waals surface area contributed by atoms with Crippen molar-refractivity contribution in [2.45, 2.75) is 167 Å². The quantitative estimate of drug-likeness (QED) is 0.132. The molecule has 29 heavy (non-hydrogen) atoms. The second-order valence-corrected chi connectivity index (χ2v) is 9.63. The van der Waals surface area contributed by atoms with Crippen LogP contribution in [0.2, 0.25) is 0 Å². The van der Waals surface area contributed by atoms with Crippen molar-refractivity contribution in [1.29, 1.82) is 0 Å². The van der Waals surface area contributed by atoms with E-state index >= 15 is 0 Å². The molecule has 0 aliphatic rings. The molecule has 0 bridgehead atoms. The zero-order valence-corrected chi connectivity index (χ0v) is 20.7. The molecule has 0 heteroatoms. The van der Waals surface area contributed by atoms with Gasteiger partial charge in [-0.3, -0.25) is 0 Å². The molecule has 0 heterocycles. The van der Waals surface area contributed by atoms with Gasteiger partial charge < -0.3 is 0 Å². The van der Waals surface area contributed by atoms with Gasteiger partial charge in [-0.25, -0.2) is 0 Å². The highest BCUT2D eigenvalue weighted by atomic mass is 14.1. The van der Waals surface area contributed by atoms with Gasteiger partial charge in [0, 0.05) is 0 Å². The van der Waals surface area contributed by atoms with E-state index in [4.69, 9.17) is 0 Å². The van der Waals surface area contributed by atoms with E-state index < -0.39 is 0 Å². The van der Waals surface area contributed by atoms with Crippen molar-refractivity contribution in [3.05, 3.63) is 13.8 Å². The van der Waals surface area contributed by atoms with Gasteiger partial charge in [-0.05, 0) is 5.92 Å². The summed E-state index contributed by atoms with van der Waals surface area (Å²) in [5.41, 5.74) is 0. The average molecular weight is 407 g/mol. The van der Waals surface area contributed by atoms with Gasteiger partial charge in [0.05, 0.1) is 0 Å². The standard InChI is InChI=1S/C29H58/c1-4-7-9-10-11-12-13-14-15-16-17-18-19-20-21-22-23-24-25-26-28-29(6-3)27-8-5-2/h29H,1-2,4-28H2,3H3. The van der Waals surface area contributed by atoms with E-state index in [1.54, 1.807) is 0 Å². The predicted molar refractivity (Wildman–Crippen MR) is 135 cm³/mol. The highest BCUT2D eigenvalue weighted by Crippen LogP contribution is 2.21. The molecule has 1 atom stereocenters. The lowest BCUT2D eigenvalue weighted by molar-refractivity contribution is 0.402. The second kappa shape index (κ2) is 26.0. The van der Waals surface area contributed by atoms with Crippen LogP contribution in [0.15, 0.2) is 0 Å². The van der Waals surface area contributed by atoms with Gasteiger partial charge in [-0.2, -0.15) is 0 Å². The lowest BCUT2D eigenvalue weighted by Crippen LogP contribution is -1.98. The zero-order valence-electron chi connectivity index (χ0n) is 20.7. The van der Waals surface area contributed by atoms with Crippen LogP contribution in [-0.4, -0.2) is 0 Å². The fraction of sp³-hybridized carbons (Fsp3) is 0.931. The summed E-state index contributed by atoms with van der Waals surface area (Å²) in [6, 6.07) is 0. The summed E-state index contributed by atoms with van der Waals surface area (Å²) in [5.74, 6) is 0.977. The Morgan fingerprint density at radius 1 is 0.379 bits per heavy atom. The minimum Gasteiger partial charge on any atom is -0.0651 e. The van der Waals surface area contributed by atoms with Gasteiger partial charge in [-0.1, -0.05) is 181 Å². The van der Waals surface area contributed by atoms with Crippen LogP contribution in [0.4, 0.5) is 0 Å². The Bertz CT molecular complexity index is 269. The third kappa shape index (κ3) is 24.1. The maximum atomic E-state index is 3.98. The molecule has 174 valence electrons. The van der Waals surface area contributed by atoms with Crippen LogP contribution in [0, 0.1) is 19.8 Å². The first-order chi connectivity index (χ1) is 14.3. The van der Waals surface area contributed by atoms with Crippen molar-refractivity contribution in [2.75, 3.05) is 0 Å². The molecular formula is C29H58. The molecule has 0 saturated carbocycles. The highest BCUT2D eigenvalue weighted by molar-refractivity contribution is 4.59. The highest BCUT2D eigenvalue weighted by Gasteiger charge is 2.05. The van der Waals surface area contributed by atoms with Gasteiger partial charge in [0.1, 0.15) is 0 Å². The van der Waals surface area contributed by atoms with Crippen LogP contribution in [0.1, 0.15) is 167 Å². The monoisotopic (exact) mass is 406 g/mol. The largest absolute Gasteiger partial charge is 0.0651 e. The van der Waals surface area contributed by atoms with Gasteiger partial charge in [0.15, 0.2) is 0 Å². The summed E-state index contributed by atoms with van der Waals surface area (Å²) >= 11 is 0. The molecule has 0 N–H and O–H groups in total. The van der Waals surface area contributed by atoms with Crippen LogP contribution in [0.3, 0.4) is 0 Å². The molecule has 0 aliphatic heterocycles. The van der Waals surface area contributed by atoms with E-state index in [2.05, 4.69) is 20.8 Å². The molecule has 0 aromatic heterocycles. The SMILES string of the molecule is [CH2]CCCCCCCCCCCCCCCCCCCCCC(CC)CCC[CH2]. The molecule has 0 aromatic rings. The molecule has 1 unspecified atom stereocenters. The fourth-order valence-electron chi connectivity index (χ4n) is 4.60. The molecule has 0 saturated heterocycles. The molecule has 0 spiro atoms. The Labute approximate surface area is 187 Å². The van der Waals surface area contributed by atoms with Crippen molar-refractivity contribution >= 4 is 0 Å². The fourth-order valence-corrected chi connectivity index (χ4v) is 4.60. The van der Waals surface area contributed by atoms with Crippen LogP contribution < -0.4 is 0 Å². The van der Waals surface area contributed by atoms with Crippen LogP contribution in [0.5, 0.6) is 0 Å². The number of unbranched alkanes of at least 4 members (excludes halogenated alkanes) is 20. The minimum atomic E-state index is 0.977. The van der Waals surface area contributed by atoms with E-state index in [1.165, 1.54) is 148 Å².